The molecule has 0 spiro atoms. The van der Waals surface area contributed by atoms with E-state index >= 15 is 0 Å². The Morgan fingerprint density at radius 2 is 1.73 bits per heavy atom. The van der Waals surface area contributed by atoms with Crippen molar-refractivity contribution in [3.63, 3.8) is 0 Å². The summed E-state index contributed by atoms with van der Waals surface area (Å²) in [4.78, 5) is 24.7. The maximum Gasteiger partial charge on any atom is 0.314 e. The van der Waals surface area contributed by atoms with E-state index in [0.29, 0.717) is 12.8 Å². The van der Waals surface area contributed by atoms with Gasteiger partial charge in [0, 0.05) is 12.0 Å². The average molecular weight is 419 g/mol. The number of ketones is 1. The zero-order valence-corrected chi connectivity index (χ0v) is 18.5. The number of aliphatic hydroxyl groups is 1. The van der Waals surface area contributed by atoms with Gasteiger partial charge in [-0.2, -0.15) is 0 Å². The second-order valence-electron chi connectivity index (χ2n) is 8.44. The monoisotopic (exact) mass is 418 g/mol. The molecule has 6 nitrogen and oxygen atoms in total. The Kier molecular flexibility index (Phi) is 9.30. The highest BCUT2D eigenvalue weighted by Gasteiger charge is 2.42. The van der Waals surface area contributed by atoms with E-state index in [-0.39, 0.29) is 11.3 Å². The van der Waals surface area contributed by atoms with Crippen LogP contribution in [0, 0.1) is 11.8 Å². The number of aliphatic carboxylic acids is 1. The van der Waals surface area contributed by atoms with Crippen LogP contribution in [0.5, 0.6) is 11.5 Å². The Morgan fingerprint density at radius 1 is 1.10 bits per heavy atom. The van der Waals surface area contributed by atoms with Gasteiger partial charge in [-0.3, -0.25) is 9.59 Å². The number of phenols is 2. The second-order valence-corrected chi connectivity index (χ2v) is 8.44. The van der Waals surface area contributed by atoms with E-state index in [4.69, 9.17) is 0 Å². The molecule has 1 aromatic rings. The zero-order valence-electron chi connectivity index (χ0n) is 18.5. The van der Waals surface area contributed by atoms with Crippen LogP contribution in [0.3, 0.4) is 0 Å². The summed E-state index contributed by atoms with van der Waals surface area (Å²) in [6.45, 7) is 9.18. The van der Waals surface area contributed by atoms with Gasteiger partial charge in [0.05, 0.1) is 11.2 Å². The maximum atomic E-state index is 12.8. The lowest BCUT2D eigenvalue weighted by atomic mass is 9.75. The van der Waals surface area contributed by atoms with Crippen molar-refractivity contribution in [1.29, 1.82) is 0 Å². The van der Waals surface area contributed by atoms with E-state index in [2.05, 4.69) is 19.9 Å². The van der Waals surface area contributed by atoms with E-state index < -0.39 is 34.9 Å². The molecule has 0 saturated carbocycles. The Bertz CT molecular complexity index is 815. The number of carbonyl (C=O) groups is 2. The number of benzene rings is 1. The second kappa shape index (κ2) is 11.0. The molecule has 0 radical (unpaired) electrons. The van der Waals surface area contributed by atoms with Gasteiger partial charge < -0.3 is 20.4 Å². The zero-order chi connectivity index (χ0) is 23.1. The van der Waals surface area contributed by atoms with Crippen molar-refractivity contribution < 1.29 is 30.0 Å². The Balaban J connectivity index is 2.91. The molecular weight excluding hydrogens is 384 g/mol. The number of carbonyl (C=O) groups excluding carboxylic acids is 1. The fourth-order valence-corrected chi connectivity index (χ4v) is 3.34. The van der Waals surface area contributed by atoms with Gasteiger partial charge >= 0.3 is 5.97 Å². The Hall–Kier alpha value is -2.60. The van der Waals surface area contributed by atoms with Crippen molar-refractivity contribution in [1.82, 2.24) is 0 Å². The van der Waals surface area contributed by atoms with Crippen LogP contribution in [0.4, 0.5) is 0 Å². The molecule has 3 atom stereocenters. The summed E-state index contributed by atoms with van der Waals surface area (Å²) in [6.07, 6.45) is 6.92. The molecule has 3 unspecified atom stereocenters. The largest absolute Gasteiger partial charge is 0.508 e. The molecule has 0 bridgehead atoms. The first-order chi connectivity index (χ1) is 13.9. The van der Waals surface area contributed by atoms with Crippen molar-refractivity contribution in [2.45, 2.75) is 65.9 Å². The fraction of sp³-hybridized carbons (Fsp3) is 0.500. The van der Waals surface area contributed by atoms with Crippen molar-refractivity contribution in [2.24, 2.45) is 11.8 Å². The van der Waals surface area contributed by atoms with Gasteiger partial charge in [0.2, 0.25) is 0 Å². The van der Waals surface area contributed by atoms with Crippen molar-refractivity contribution in [3.8, 4) is 11.5 Å². The fourth-order valence-electron chi connectivity index (χ4n) is 3.34. The van der Waals surface area contributed by atoms with Crippen LogP contribution in [0.25, 0.3) is 0 Å². The molecule has 1 rings (SSSR count). The average Bonchev–Trinajstić information content (AvgIpc) is 2.60. The third kappa shape index (κ3) is 7.34. The molecule has 6 heteroatoms. The number of Topliss-reactive ketones (excluding diaryl/α,β-unsaturated/α-hetero) is 1. The first-order valence-electron chi connectivity index (χ1n) is 10.2. The van der Waals surface area contributed by atoms with Crippen LogP contribution in [0.15, 0.2) is 41.5 Å². The van der Waals surface area contributed by atoms with E-state index in [1.807, 2.05) is 13.0 Å². The molecule has 0 fully saturated rings. The lowest BCUT2D eigenvalue weighted by Crippen LogP contribution is -2.43. The molecular formula is C24H34O6. The SMILES string of the molecule is CC(C)=CCC/C(C)=C/CCC(C)(O)C(C)C(C(=O)O)C(=O)c1ccc(O)cc1O. The minimum atomic E-state index is -1.53. The number of hydrogen-bond donors (Lipinski definition) is 4. The minimum Gasteiger partial charge on any atom is -0.508 e. The summed E-state index contributed by atoms with van der Waals surface area (Å²) in [6, 6.07) is 3.37. The topological polar surface area (TPSA) is 115 Å². The van der Waals surface area contributed by atoms with E-state index in [1.54, 1.807) is 0 Å². The number of aromatic hydroxyl groups is 2. The third-order valence-corrected chi connectivity index (χ3v) is 5.51. The number of carboxylic acids is 1. The highest BCUT2D eigenvalue weighted by Crippen LogP contribution is 2.34. The summed E-state index contributed by atoms with van der Waals surface area (Å²) in [5.74, 6) is -5.32. The van der Waals surface area contributed by atoms with Crippen molar-refractivity contribution >= 4 is 11.8 Å². The molecule has 1 aromatic carbocycles. The van der Waals surface area contributed by atoms with Crippen LogP contribution in [0.2, 0.25) is 0 Å². The van der Waals surface area contributed by atoms with Gasteiger partial charge in [-0.05, 0) is 65.5 Å². The molecule has 0 aliphatic heterocycles. The molecule has 0 saturated heterocycles. The molecule has 30 heavy (non-hydrogen) atoms. The molecule has 0 heterocycles. The van der Waals surface area contributed by atoms with Gasteiger partial charge in [-0.25, -0.2) is 0 Å². The highest BCUT2D eigenvalue weighted by molar-refractivity contribution is 6.10. The Labute approximate surface area is 178 Å². The lowest BCUT2D eigenvalue weighted by molar-refractivity contribution is -0.145. The minimum absolute atomic E-state index is 0.196. The normalized spacial score (nSPS) is 15.7. The lowest BCUT2D eigenvalue weighted by Gasteiger charge is -2.33. The van der Waals surface area contributed by atoms with Crippen LogP contribution in [0.1, 0.15) is 70.7 Å². The van der Waals surface area contributed by atoms with Gasteiger partial charge in [0.15, 0.2) is 5.78 Å². The van der Waals surface area contributed by atoms with Crippen molar-refractivity contribution in [2.75, 3.05) is 0 Å². The van der Waals surface area contributed by atoms with Crippen LogP contribution in [-0.2, 0) is 4.79 Å². The van der Waals surface area contributed by atoms with Crippen LogP contribution in [-0.4, -0.2) is 37.8 Å². The smallest absolute Gasteiger partial charge is 0.314 e. The van der Waals surface area contributed by atoms with Gasteiger partial charge in [0.1, 0.15) is 17.4 Å². The van der Waals surface area contributed by atoms with Gasteiger partial charge in [-0.1, -0.05) is 30.2 Å². The van der Waals surface area contributed by atoms with Gasteiger partial charge in [0.25, 0.3) is 0 Å². The van der Waals surface area contributed by atoms with Crippen LogP contribution < -0.4 is 0 Å². The number of allylic oxidation sites excluding steroid dienone is 4. The first-order valence-corrected chi connectivity index (χ1v) is 10.2. The number of carboxylic acid groups (broad SMARTS) is 1. The van der Waals surface area contributed by atoms with E-state index in [9.17, 15) is 30.0 Å². The summed E-state index contributed by atoms with van der Waals surface area (Å²) >= 11 is 0. The number of phenolic OH excluding ortho intramolecular Hbond substituents is 2. The number of hydrogen-bond acceptors (Lipinski definition) is 5. The maximum absolute atomic E-state index is 12.8. The number of rotatable bonds is 11. The van der Waals surface area contributed by atoms with Crippen molar-refractivity contribution in [3.05, 3.63) is 47.1 Å². The predicted molar refractivity (Wildman–Crippen MR) is 117 cm³/mol. The quantitative estimate of drug-likeness (QED) is 0.232. The standard InChI is InChI=1S/C24H34O6/c1-15(2)8-6-9-16(3)10-7-13-24(5,30)17(4)21(23(28)29)22(27)19-12-11-18(25)14-20(19)26/h8,10-12,14,17,21,25-26,30H,6-7,9,13H2,1-5H3,(H,28,29)/b16-10+. The van der Waals surface area contributed by atoms with E-state index in [0.717, 1.165) is 18.9 Å². The Morgan fingerprint density at radius 3 is 2.27 bits per heavy atom. The first kappa shape index (κ1) is 25.4. The van der Waals surface area contributed by atoms with E-state index in [1.165, 1.54) is 37.1 Å². The molecule has 166 valence electrons. The summed E-state index contributed by atoms with van der Waals surface area (Å²) in [5, 5.41) is 39.9. The molecule has 0 amide bonds. The third-order valence-electron chi connectivity index (χ3n) is 5.51. The summed E-state index contributed by atoms with van der Waals surface area (Å²) in [7, 11) is 0. The molecule has 0 aliphatic rings. The highest BCUT2D eigenvalue weighted by atomic mass is 16.4. The molecule has 0 aromatic heterocycles. The molecule has 0 aliphatic carbocycles. The summed E-state index contributed by atoms with van der Waals surface area (Å²) < 4.78 is 0. The predicted octanol–water partition coefficient (Wildman–Crippen LogP) is 4.84. The van der Waals surface area contributed by atoms with Crippen LogP contribution >= 0.6 is 0 Å². The van der Waals surface area contributed by atoms with Gasteiger partial charge in [-0.15, -0.1) is 0 Å². The summed E-state index contributed by atoms with van der Waals surface area (Å²) in [5.41, 5.74) is 0.861. The molecule has 4 N–H and O–H groups in total.